The second kappa shape index (κ2) is 14.6. The zero-order valence-electron chi connectivity index (χ0n) is 16.5. The van der Waals surface area contributed by atoms with Gasteiger partial charge in [0, 0.05) is 13.1 Å². The summed E-state index contributed by atoms with van der Waals surface area (Å²) in [4.78, 5) is 39.6. The quantitative estimate of drug-likeness (QED) is 0.254. The number of hydrogen-bond acceptors (Lipinski definition) is 7. The molecule has 0 unspecified atom stereocenters. The zero-order chi connectivity index (χ0) is 19.9. The van der Waals surface area contributed by atoms with E-state index < -0.39 is 0 Å². The monoisotopic (exact) mass is 372 g/mol. The molecule has 0 aromatic heterocycles. The number of nitrogens with one attached hydrogen (secondary N) is 1. The predicted octanol–water partition coefficient (Wildman–Crippen LogP) is -1.92. The highest BCUT2D eigenvalue weighted by Crippen LogP contribution is 1.98. The Hall–Kier alpha value is -1.55. The molecule has 0 saturated heterocycles. The average molecular weight is 373 g/mol. The maximum atomic E-state index is 11.5. The summed E-state index contributed by atoms with van der Waals surface area (Å²) in [6, 6.07) is 0. The molecule has 26 heavy (non-hydrogen) atoms. The van der Waals surface area contributed by atoms with Crippen molar-refractivity contribution in [3.8, 4) is 0 Å². The molecule has 5 N–H and O–H groups in total. The van der Waals surface area contributed by atoms with E-state index in [1.807, 2.05) is 23.9 Å². The molecule has 0 atom stereocenters. The van der Waals surface area contributed by atoms with E-state index in [0.29, 0.717) is 32.7 Å². The van der Waals surface area contributed by atoms with Gasteiger partial charge in [-0.25, -0.2) is 0 Å². The molecular weight excluding hydrogens is 336 g/mol. The number of Topliss-reactive ketones (excluding diaryl/α,β-unsaturated/α-hetero) is 1. The van der Waals surface area contributed by atoms with Crippen LogP contribution in [0.5, 0.6) is 0 Å². The highest BCUT2D eigenvalue weighted by atomic mass is 16.1. The van der Waals surface area contributed by atoms with E-state index in [9.17, 15) is 14.4 Å². The number of likely N-dealkylation sites (N-methyl/N-ethyl adjacent to an activating group) is 1. The van der Waals surface area contributed by atoms with Crippen LogP contribution in [0, 0.1) is 0 Å². The van der Waals surface area contributed by atoms with Crippen LogP contribution >= 0.6 is 0 Å². The third kappa shape index (κ3) is 14.8. The summed E-state index contributed by atoms with van der Waals surface area (Å²) in [5.74, 6) is -0.601. The molecule has 0 bridgehead atoms. The van der Waals surface area contributed by atoms with Gasteiger partial charge < -0.3 is 16.8 Å². The Morgan fingerprint density at radius 2 is 1.35 bits per heavy atom. The van der Waals surface area contributed by atoms with E-state index in [0.717, 1.165) is 25.9 Å². The average Bonchev–Trinajstić information content (AvgIpc) is 2.50. The number of ketones is 1. The summed E-state index contributed by atoms with van der Waals surface area (Å²) >= 11 is 0. The van der Waals surface area contributed by atoms with Gasteiger partial charge in [0.1, 0.15) is 5.78 Å². The van der Waals surface area contributed by atoms with Gasteiger partial charge in [-0.1, -0.05) is 0 Å². The van der Waals surface area contributed by atoms with Gasteiger partial charge in [-0.3, -0.25) is 29.1 Å². The maximum Gasteiger partial charge on any atom is 0.231 e. The van der Waals surface area contributed by atoms with Crippen LogP contribution in [-0.4, -0.2) is 105 Å². The lowest BCUT2D eigenvalue weighted by atomic mass is 10.3. The Balaban J connectivity index is 4.43. The highest BCUT2D eigenvalue weighted by Gasteiger charge is 2.13. The fourth-order valence-electron chi connectivity index (χ4n) is 2.75. The first-order chi connectivity index (χ1) is 12.2. The van der Waals surface area contributed by atoms with E-state index in [1.54, 1.807) is 6.92 Å². The van der Waals surface area contributed by atoms with Gasteiger partial charge in [0.2, 0.25) is 11.8 Å². The van der Waals surface area contributed by atoms with E-state index in [4.69, 9.17) is 11.5 Å². The molecule has 0 fully saturated rings. The first-order valence-electron chi connectivity index (χ1n) is 9.08. The maximum absolute atomic E-state index is 11.5. The van der Waals surface area contributed by atoms with E-state index in [2.05, 4.69) is 10.2 Å². The summed E-state index contributed by atoms with van der Waals surface area (Å²) in [6.45, 7) is 6.88. The molecule has 0 rings (SSSR count). The van der Waals surface area contributed by atoms with Crippen molar-refractivity contribution >= 4 is 17.6 Å². The van der Waals surface area contributed by atoms with Crippen molar-refractivity contribution in [1.82, 2.24) is 20.0 Å². The number of primary amides is 2. The van der Waals surface area contributed by atoms with Gasteiger partial charge in [0.05, 0.1) is 19.6 Å². The molecule has 9 nitrogen and oxygen atoms in total. The summed E-state index contributed by atoms with van der Waals surface area (Å²) in [5, 5.41) is 3.10. The third-order valence-corrected chi connectivity index (χ3v) is 3.90. The third-order valence-electron chi connectivity index (χ3n) is 3.90. The molecule has 0 spiro atoms. The molecule has 2 amide bonds. The lowest BCUT2D eigenvalue weighted by Crippen LogP contribution is -2.42. The first kappa shape index (κ1) is 24.5. The van der Waals surface area contributed by atoms with Crippen molar-refractivity contribution in [3.63, 3.8) is 0 Å². The highest BCUT2D eigenvalue weighted by molar-refractivity contribution is 5.77. The van der Waals surface area contributed by atoms with Crippen LogP contribution in [0.1, 0.15) is 19.8 Å². The Labute approximate surface area is 157 Å². The number of nitrogens with zero attached hydrogens (tertiary/aromatic N) is 3. The Bertz CT molecular complexity index is 433. The summed E-state index contributed by atoms with van der Waals surface area (Å²) in [5.41, 5.74) is 10.5. The molecule has 0 aliphatic heterocycles. The minimum Gasteiger partial charge on any atom is -0.369 e. The zero-order valence-corrected chi connectivity index (χ0v) is 16.5. The molecule has 9 heteroatoms. The molecule has 0 aliphatic carbocycles. The number of hydrogen-bond donors (Lipinski definition) is 3. The van der Waals surface area contributed by atoms with Crippen LogP contribution in [0.4, 0.5) is 0 Å². The molecule has 0 aromatic carbocycles. The number of carbonyl (C=O) groups excluding carboxylic acids is 3. The Morgan fingerprint density at radius 3 is 1.85 bits per heavy atom. The van der Waals surface area contributed by atoms with Crippen molar-refractivity contribution in [3.05, 3.63) is 0 Å². The van der Waals surface area contributed by atoms with Crippen LogP contribution in [0.2, 0.25) is 0 Å². The van der Waals surface area contributed by atoms with Crippen LogP contribution < -0.4 is 16.8 Å². The number of amides is 2. The molecule has 0 aromatic rings. The second-order valence-electron chi connectivity index (χ2n) is 6.74. The van der Waals surface area contributed by atoms with Crippen LogP contribution in [0.25, 0.3) is 0 Å². The van der Waals surface area contributed by atoms with E-state index >= 15 is 0 Å². The fraction of sp³-hybridized carbons (Fsp3) is 0.824. The Morgan fingerprint density at radius 1 is 0.808 bits per heavy atom. The molecule has 0 aliphatic rings. The van der Waals surface area contributed by atoms with E-state index in [-0.39, 0.29) is 30.7 Å². The molecule has 0 heterocycles. The van der Waals surface area contributed by atoms with Crippen molar-refractivity contribution in [2.75, 3.05) is 73.0 Å². The smallest absolute Gasteiger partial charge is 0.231 e. The normalized spacial score (nSPS) is 11.5. The van der Waals surface area contributed by atoms with Gasteiger partial charge in [0.15, 0.2) is 0 Å². The fourth-order valence-corrected chi connectivity index (χ4v) is 2.75. The summed E-state index contributed by atoms with van der Waals surface area (Å²) in [7, 11) is 3.73. The topological polar surface area (TPSA) is 125 Å². The van der Waals surface area contributed by atoms with Gasteiger partial charge in [0.25, 0.3) is 0 Å². The lowest BCUT2D eigenvalue weighted by Gasteiger charge is -2.27. The van der Waals surface area contributed by atoms with Crippen molar-refractivity contribution in [2.24, 2.45) is 11.5 Å². The van der Waals surface area contributed by atoms with Crippen LogP contribution in [0.15, 0.2) is 0 Å². The molecule has 152 valence electrons. The van der Waals surface area contributed by atoms with Gasteiger partial charge in [-0.2, -0.15) is 0 Å². The van der Waals surface area contributed by atoms with Crippen molar-refractivity contribution < 1.29 is 14.4 Å². The van der Waals surface area contributed by atoms with Crippen LogP contribution in [0.3, 0.4) is 0 Å². The Kier molecular flexibility index (Phi) is 13.7. The van der Waals surface area contributed by atoms with Gasteiger partial charge in [-0.05, 0) is 60.0 Å². The van der Waals surface area contributed by atoms with Gasteiger partial charge in [-0.15, -0.1) is 0 Å². The molecular formula is C17H36N6O3. The predicted molar refractivity (Wildman–Crippen MR) is 103 cm³/mol. The SMILES string of the molecule is CNCCCN(CCN(CCCN(C)CC(N)=O)CC(N)=O)CC(C)=O. The van der Waals surface area contributed by atoms with E-state index in [1.165, 1.54) is 0 Å². The van der Waals surface area contributed by atoms with Crippen LogP contribution in [-0.2, 0) is 14.4 Å². The second-order valence-corrected chi connectivity index (χ2v) is 6.74. The number of carbonyl (C=O) groups is 3. The summed E-state index contributed by atoms with van der Waals surface area (Å²) < 4.78 is 0. The largest absolute Gasteiger partial charge is 0.369 e. The van der Waals surface area contributed by atoms with Gasteiger partial charge >= 0.3 is 0 Å². The minimum atomic E-state index is -0.371. The molecule has 0 saturated carbocycles. The number of nitrogens with two attached hydrogens (primary N) is 2. The lowest BCUT2D eigenvalue weighted by molar-refractivity contribution is -0.120. The first-order valence-corrected chi connectivity index (χ1v) is 9.08. The summed E-state index contributed by atoms with van der Waals surface area (Å²) in [6.07, 6.45) is 1.75. The van der Waals surface area contributed by atoms with Crippen molar-refractivity contribution in [1.29, 1.82) is 0 Å². The number of rotatable bonds is 17. The minimum absolute atomic E-state index is 0.129. The molecule has 0 radical (unpaired) electrons. The van der Waals surface area contributed by atoms with Crippen molar-refractivity contribution in [2.45, 2.75) is 19.8 Å². The standard InChI is InChI=1S/C17H36N6O3/c1-15(24)12-22(8-4-6-20-2)10-11-23(14-17(19)26)9-5-7-21(3)13-16(18)25/h20H,4-14H2,1-3H3,(H2,18,25)(H2,19,26).